The van der Waals surface area contributed by atoms with Gasteiger partial charge in [0.1, 0.15) is 12.4 Å². The van der Waals surface area contributed by atoms with Gasteiger partial charge in [-0.3, -0.25) is 4.90 Å². The molecule has 7 rings (SSSR count). The first-order valence-electron chi connectivity index (χ1n) is 15.4. The third-order valence-electron chi connectivity index (χ3n) is 10.5. The molecule has 0 saturated carbocycles. The van der Waals surface area contributed by atoms with Crippen LogP contribution >= 0.6 is 0 Å². The zero-order chi connectivity index (χ0) is 27.5. The number of likely N-dealkylation sites (tertiary alicyclic amines) is 1. The van der Waals surface area contributed by atoms with Gasteiger partial charge in [-0.15, -0.1) is 0 Å². The van der Waals surface area contributed by atoms with Crippen molar-refractivity contribution in [3.05, 3.63) is 52.9 Å². The lowest BCUT2D eigenvalue weighted by molar-refractivity contribution is -0.00183. The highest BCUT2D eigenvalue weighted by Gasteiger charge is 2.45. The molecular weight excluding hydrogens is 508 g/mol. The van der Waals surface area contributed by atoms with Crippen molar-refractivity contribution in [3.63, 3.8) is 0 Å². The first-order valence-corrected chi connectivity index (χ1v) is 15.4. The Labute approximate surface area is 238 Å². The minimum Gasteiger partial charge on any atom is -0.476 e. The minimum atomic E-state index is -2.72. The van der Waals surface area contributed by atoms with Crippen LogP contribution in [0.1, 0.15) is 70.8 Å². The molecule has 5 aliphatic heterocycles. The normalized spacial score (nSPS) is 29.2. The average Bonchev–Trinajstić information content (AvgIpc) is 3.69. The molecule has 1 aromatic carbocycles. The van der Waals surface area contributed by atoms with Crippen molar-refractivity contribution in [3.8, 4) is 0 Å². The quantitative estimate of drug-likeness (QED) is 0.288. The van der Waals surface area contributed by atoms with Crippen LogP contribution in [0.2, 0.25) is 0 Å². The minimum absolute atomic E-state index is 0. The van der Waals surface area contributed by atoms with E-state index < -0.39 is 5.92 Å². The Hall–Kier alpha value is -2.45. The van der Waals surface area contributed by atoms with Crippen LogP contribution in [0.3, 0.4) is 0 Å². The number of nitrogens with zero attached hydrogens (tertiary/aromatic N) is 4. The molecule has 0 spiro atoms. The fraction of sp³-hybridized carbons (Fsp3) is 0.656. The number of benzene rings is 1. The second kappa shape index (κ2) is 10.1. The number of anilines is 1. The van der Waals surface area contributed by atoms with E-state index in [4.69, 9.17) is 9.73 Å². The Balaban J connectivity index is 0.00000302. The molecule has 1 N–H and O–H groups in total. The van der Waals surface area contributed by atoms with Crippen molar-refractivity contribution < 1.29 is 14.9 Å². The number of nitrogens with one attached hydrogen (secondary N) is 1. The molecule has 2 unspecified atom stereocenters. The van der Waals surface area contributed by atoms with Gasteiger partial charge in [-0.2, -0.15) is 4.99 Å². The molecule has 218 valence electrons. The summed E-state index contributed by atoms with van der Waals surface area (Å²) >= 11 is 0. The molecule has 0 radical (unpaired) electrons. The Morgan fingerprint density at radius 2 is 1.85 bits per heavy atom. The molecule has 8 heteroatoms. The van der Waals surface area contributed by atoms with Gasteiger partial charge in [0.15, 0.2) is 0 Å². The van der Waals surface area contributed by atoms with E-state index in [9.17, 15) is 8.78 Å². The molecule has 0 amide bonds. The van der Waals surface area contributed by atoms with Gasteiger partial charge in [0.25, 0.3) is 5.92 Å². The van der Waals surface area contributed by atoms with Crippen LogP contribution in [0.25, 0.3) is 0 Å². The molecular formula is C32H45F2N5O. The fourth-order valence-electron chi connectivity index (χ4n) is 8.45. The first kappa shape index (κ1) is 26.4. The second-order valence-corrected chi connectivity index (χ2v) is 13.0. The molecule has 1 aromatic rings. The van der Waals surface area contributed by atoms with Gasteiger partial charge in [0.2, 0.25) is 5.88 Å². The number of alkyl halides is 2. The average molecular weight is 554 g/mol. The summed E-state index contributed by atoms with van der Waals surface area (Å²) in [5, 5.41) is 3.75. The van der Waals surface area contributed by atoms with Crippen LogP contribution in [-0.4, -0.2) is 79.1 Å². The van der Waals surface area contributed by atoms with E-state index in [0.717, 1.165) is 49.7 Å². The number of hydrogen-bond donors (Lipinski definition) is 1. The fourth-order valence-corrected chi connectivity index (χ4v) is 8.45. The van der Waals surface area contributed by atoms with Gasteiger partial charge in [-0.05, 0) is 101 Å². The molecule has 6 aliphatic rings. The lowest BCUT2D eigenvalue weighted by Crippen LogP contribution is -2.54. The van der Waals surface area contributed by atoms with Crippen molar-refractivity contribution in [2.45, 2.75) is 88.3 Å². The number of hydrogen-bond acceptors (Lipinski definition) is 5. The van der Waals surface area contributed by atoms with Crippen LogP contribution in [0, 0.1) is 0 Å². The smallest absolute Gasteiger partial charge is 0.273 e. The Bertz CT molecular complexity index is 1230. The molecule has 5 heterocycles. The Morgan fingerprint density at radius 1 is 1.10 bits per heavy atom. The third-order valence-corrected chi connectivity index (χ3v) is 10.5. The summed E-state index contributed by atoms with van der Waals surface area (Å²) in [5.74, 6) is -1.19. The lowest BCUT2D eigenvalue weighted by atomic mass is 9.95. The van der Waals surface area contributed by atoms with Gasteiger partial charge >= 0.3 is 0 Å². The van der Waals surface area contributed by atoms with Gasteiger partial charge in [-0.1, -0.05) is 12.1 Å². The third kappa shape index (κ3) is 4.65. The maximum absolute atomic E-state index is 14.5. The van der Waals surface area contributed by atoms with Gasteiger partial charge in [-0.25, -0.2) is 8.78 Å². The summed E-state index contributed by atoms with van der Waals surface area (Å²) in [6, 6.07) is 6.41. The van der Waals surface area contributed by atoms with Crippen molar-refractivity contribution >= 4 is 11.5 Å². The standard InChI is InChI=1S/C32H43F2N5O.H2/c1-22-18-37(29-7-3-6-28-27(29)10-14-32(28,33)34)17-11-26(22)30(38-19-24-8-9-25(20-38)36-24)35-23(2)40-21-31-12-4-15-39(31)16-5-13-31;/h3,6-7,24-25,36H,2,4-5,8-21H2,1H3;1H/b35-30+;. The van der Waals surface area contributed by atoms with Crippen molar-refractivity contribution in [2.75, 3.05) is 50.8 Å². The van der Waals surface area contributed by atoms with E-state index in [0.29, 0.717) is 31.0 Å². The van der Waals surface area contributed by atoms with Gasteiger partial charge in [0.05, 0.1) is 5.54 Å². The van der Waals surface area contributed by atoms with Crippen LogP contribution in [-0.2, 0) is 17.1 Å². The van der Waals surface area contributed by atoms with Crippen LogP contribution in [0.15, 0.2) is 46.8 Å². The topological polar surface area (TPSA) is 43.3 Å². The molecule has 4 fully saturated rings. The van der Waals surface area contributed by atoms with E-state index in [-0.39, 0.29) is 18.9 Å². The Morgan fingerprint density at radius 3 is 2.58 bits per heavy atom. The van der Waals surface area contributed by atoms with Crippen LogP contribution in [0.4, 0.5) is 14.5 Å². The van der Waals surface area contributed by atoms with E-state index in [1.165, 1.54) is 62.8 Å². The highest BCUT2D eigenvalue weighted by molar-refractivity contribution is 6.00. The number of halogens is 2. The van der Waals surface area contributed by atoms with Crippen LogP contribution in [0.5, 0.6) is 0 Å². The van der Waals surface area contributed by atoms with Gasteiger partial charge < -0.3 is 19.9 Å². The van der Waals surface area contributed by atoms with E-state index in [1.807, 2.05) is 6.07 Å². The maximum atomic E-state index is 14.5. The largest absolute Gasteiger partial charge is 0.476 e. The van der Waals surface area contributed by atoms with E-state index >= 15 is 0 Å². The number of amidine groups is 1. The molecule has 0 aromatic heterocycles. The maximum Gasteiger partial charge on any atom is 0.273 e. The first-order chi connectivity index (χ1) is 19.3. The summed E-state index contributed by atoms with van der Waals surface area (Å²) < 4.78 is 35.3. The van der Waals surface area contributed by atoms with Crippen LogP contribution < -0.4 is 10.2 Å². The number of fused-ring (bicyclic) bond motifs is 4. The number of ether oxygens (including phenoxy) is 1. The summed E-state index contributed by atoms with van der Waals surface area (Å²) in [6.45, 7) is 12.9. The molecule has 40 heavy (non-hydrogen) atoms. The highest BCUT2D eigenvalue weighted by atomic mass is 19.3. The SMILES string of the molecule is C=C(/N=C(\C1=C(C)CN(c2cccc3c2CCC3(F)F)CC1)N1CC2CCC(C1)N2)OCC12CCCN1CCC2.[HH]. The van der Waals surface area contributed by atoms with Gasteiger partial charge in [0, 0.05) is 57.4 Å². The molecule has 6 nitrogen and oxygen atoms in total. The van der Waals surface area contributed by atoms with E-state index in [2.05, 4.69) is 33.5 Å². The molecule has 2 atom stereocenters. The number of aliphatic imine (C=N–C) groups is 1. The lowest BCUT2D eigenvalue weighted by Gasteiger charge is -2.39. The Kier molecular flexibility index (Phi) is 6.69. The van der Waals surface area contributed by atoms with E-state index in [1.54, 1.807) is 12.1 Å². The zero-order valence-corrected chi connectivity index (χ0v) is 23.9. The molecule has 2 bridgehead atoms. The zero-order valence-electron chi connectivity index (χ0n) is 23.9. The predicted molar refractivity (Wildman–Crippen MR) is 157 cm³/mol. The van der Waals surface area contributed by atoms with Crippen molar-refractivity contribution in [1.29, 1.82) is 0 Å². The van der Waals surface area contributed by atoms with Crippen molar-refractivity contribution in [1.82, 2.24) is 15.1 Å². The summed E-state index contributed by atoms with van der Waals surface area (Å²) in [7, 11) is 0. The van der Waals surface area contributed by atoms with Crippen molar-refractivity contribution in [2.24, 2.45) is 4.99 Å². The number of piperazine rings is 1. The summed E-state index contributed by atoms with van der Waals surface area (Å²) in [5.41, 5.74) is 4.69. The number of rotatable bonds is 6. The predicted octanol–water partition coefficient (Wildman–Crippen LogP) is 5.45. The molecule has 1 aliphatic carbocycles. The monoisotopic (exact) mass is 553 g/mol. The highest BCUT2D eigenvalue weighted by Crippen LogP contribution is 2.45. The molecule has 4 saturated heterocycles. The summed E-state index contributed by atoms with van der Waals surface area (Å²) in [4.78, 5) is 12.5. The summed E-state index contributed by atoms with van der Waals surface area (Å²) in [6.07, 6.45) is 8.50. The second-order valence-electron chi connectivity index (χ2n) is 13.0.